The van der Waals surface area contributed by atoms with E-state index in [4.69, 9.17) is 0 Å². The first kappa shape index (κ1) is 19.9. The third-order valence-electron chi connectivity index (χ3n) is 5.36. The SMILES string of the molecule is CC(=O)N(CCC(=O)Nc1ccc(N2CCCC2)cc1)C(C)c1ccccc1. The summed E-state index contributed by atoms with van der Waals surface area (Å²) in [4.78, 5) is 28.6. The van der Waals surface area contributed by atoms with Gasteiger partial charge in [0.2, 0.25) is 11.8 Å². The van der Waals surface area contributed by atoms with Crippen molar-refractivity contribution in [1.29, 1.82) is 0 Å². The molecule has 1 aliphatic rings. The van der Waals surface area contributed by atoms with Crippen molar-refractivity contribution in [2.24, 2.45) is 0 Å². The molecule has 3 rings (SSSR count). The molecule has 1 aliphatic heterocycles. The molecule has 0 aromatic heterocycles. The number of anilines is 2. The molecule has 1 saturated heterocycles. The molecule has 1 atom stereocenters. The number of rotatable bonds is 7. The average molecular weight is 380 g/mol. The zero-order valence-corrected chi connectivity index (χ0v) is 16.7. The monoisotopic (exact) mass is 379 g/mol. The molecule has 0 radical (unpaired) electrons. The van der Waals surface area contributed by atoms with Crippen molar-refractivity contribution in [2.45, 2.75) is 39.2 Å². The lowest BCUT2D eigenvalue weighted by Crippen LogP contribution is -2.34. The maximum Gasteiger partial charge on any atom is 0.226 e. The molecule has 148 valence electrons. The Hall–Kier alpha value is -2.82. The molecule has 0 saturated carbocycles. The van der Waals surface area contributed by atoms with Gasteiger partial charge in [0.25, 0.3) is 0 Å². The molecule has 0 spiro atoms. The number of carbonyl (C=O) groups excluding carboxylic acids is 2. The molecule has 1 N–H and O–H groups in total. The van der Waals surface area contributed by atoms with Gasteiger partial charge in [-0.2, -0.15) is 0 Å². The summed E-state index contributed by atoms with van der Waals surface area (Å²) in [6, 6.07) is 17.8. The first-order valence-corrected chi connectivity index (χ1v) is 10.0. The molecule has 2 aromatic rings. The number of hydrogen-bond donors (Lipinski definition) is 1. The average Bonchev–Trinajstić information content (AvgIpc) is 3.24. The van der Waals surface area contributed by atoms with E-state index in [1.54, 1.807) is 11.8 Å². The third kappa shape index (κ3) is 5.12. The molecule has 2 aromatic carbocycles. The summed E-state index contributed by atoms with van der Waals surface area (Å²) in [6.45, 7) is 6.14. The Morgan fingerprint density at radius 2 is 1.68 bits per heavy atom. The van der Waals surface area contributed by atoms with Crippen molar-refractivity contribution in [1.82, 2.24) is 4.90 Å². The smallest absolute Gasteiger partial charge is 0.226 e. The van der Waals surface area contributed by atoms with Crippen LogP contribution in [-0.2, 0) is 9.59 Å². The van der Waals surface area contributed by atoms with Crippen LogP contribution in [0.15, 0.2) is 54.6 Å². The highest BCUT2D eigenvalue weighted by molar-refractivity contribution is 5.91. The van der Waals surface area contributed by atoms with Crippen LogP contribution in [0.1, 0.15) is 44.7 Å². The van der Waals surface area contributed by atoms with Gasteiger partial charge in [-0.3, -0.25) is 9.59 Å². The van der Waals surface area contributed by atoms with Crippen LogP contribution in [0.25, 0.3) is 0 Å². The number of nitrogens with one attached hydrogen (secondary N) is 1. The van der Waals surface area contributed by atoms with Gasteiger partial charge in [0.1, 0.15) is 0 Å². The molecule has 1 unspecified atom stereocenters. The topological polar surface area (TPSA) is 52.7 Å². The molecule has 5 heteroatoms. The van der Waals surface area contributed by atoms with E-state index in [1.165, 1.54) is 18.5 Å². The van der Waals surface area contributed by atoms with Crippen molar-refractivity contribution in [3.05, 3.63) is 60.2 Å². The predicted octanol–water partition coefficient (Wildman–Crippen LogP) is 4.23. The normalized spacial score (nSPS) is 14.6. The van der Waals surface area contributed by atoms with Crippen molar-refractivity contribution >= 4 is 23.2 Å². The Balaban J connectivity index is 1.54. The van der Waals surface area contributed by atoms with Crippen LogP contribution in [0, 0.1) is 0 Å². The summed E-state index contributed by atoms with van der Waals surface area (Å²) >= 11 is 0. The lowest BCUT2D eigenvalue weighted by atomic mass is 10.1. The van der Waals surface area contributed by atoms with Gasteiger partial charge in [-0.15, -0.1) is 0 Å². The fourth-order valence-corrected chi connectivity index (χ4v) is 3.71. The molecule has 1 fully saturated rings. The maximum atomic E-state index is 12.4. The Labute approximate surface area is 167 Å². The van der Waals surface area contributed by atoms with E-state index in [1.807, 2.05) is 49.4 Å². The summed E-state index contributed by atoms with van der Waals surface area (Å²) in [5.41, 5.74) is 3.06. The molecule has 5 nitrogen and oxygen atoms in total. The van der Waals surface area contributed by atoms with Gasteiger partial charge in [0.15, 0.2) is 0 Å². The second-order valence-corrected chi connectivity index (χ2v) is 7.34. The van der Waals surface area contributed by atoms with Crippen molar-refractivity contribution in [2.75, 3.05) is 29.9 Å². The van der Waals surface area contributed by atoms with E-state index in [9.17, 15) is 9.59 Å². The Bertz CT molecular complexity index is 783. The minimum absolute atomic E-state index is 0.0286. The zero-order valence-electron chi connectivity index (χ0n) is 16.7. The van der Waals surface area contributed by atoms with Gasteiger partial charge in [-0.05, 0) is 49.6 Å². The standard InChI is InChI=1S/C23H29N3O2/c1-18(20-8-4-3-5-9-20)26(19(2)27)17-14-23(28)24-21-10-12-22(13-11-21)25-15-6-7-16-25/h3-5,8-13,18H,6-7,14-17H2,1-2H3,(H,24,28). The van der Waals surface area contributed by atoms with Crippen LogP contribution >= 0.6 is 0 Å². The number of hydrogen-bond acceptors (Lipinski definition) is 3. The minimum Gasteiger partial charge on any atom is -0.372 e. The van der Waals surface area contributed by atoms with Crippen molar-refractivity contribution in [3.8, 4) is 0 Å². The van der Waals surface area contributed by atoms with Crippen LogP contribution in [0.4, 0.5) is 11.4 Å². The molecule has 0 bridgehead atoms. The highest BCUT2D eigenvalue weighted by Gasteiger charge is 2.19. The predicted molar refractivity (Wildman–Crippen MR) is 113 cm³/mol. The van der Waals surface area contributed by atoms with Gasteiger partial charge in [0.05, 0.1) is 6.04 Å². The fourth-order valence-electron chi connectivity index (χ4n) is 3.71. The molecule has 1 heterocycles. The van der Waals surface area contributed by atoms with Crippen LogP contribution in [0.3, 0.4) is 0 Å². The molecular formula is C23H29N3O2. The molecule has 2 amide bonds. The van der Waals surface area contributed by atoms with Gasteiger partial charge in [-0.1, -0.05) is 30.3 Å². The summed E-state index contributed by atoms with van der Waals surface area (Å²) < 4.78 is 0. The van der Waals surface area contributed by atoms with Crippen LogP contribution in [0.5, 0.6) is 0 Å². The number of benzene rings is 2. The molecule has 28 heavy (non-hydrogen) atoms. The fraction of sp³-hybridized carbons (Fsp3) is 0.391. The van der Waals surface area contributed by atoms with Gasteiger partial charge in [0, 0.05) is 44.4 Å². The molecule has 0 aliphatic carbocycles. The van der Waals surface area contributed by atoms with Crippen molar-refractivity contribution < 1.29 is 9.59 Å². The Morgan fingerprint density at radius 3 is 2.29 bits per heavy atom. The van der Waals surface area contributed by atoms with Crippen molar-refractivity contribution in [3.63, 3.8) is 0 Å². The molecular weight excluding hydrogens is 350 g/mol. The quantitative estimate of drug-likeness (QED) is 0.783. The Morgan fingerprint density at radius 1 is 1.04 bits per heavy atom. The maximum absolute atomic E-state index is 12.4. The zero-order chi connectivity index (χ0) is 19.9. The summed E-state index contributed by atoms with van der Waals surface area (Å²) in [5, 5.41) is 2.94. The number of amides is 2. The van der Waals surface area contributed by atoms with E-state index in [2.05, 4.69) is 22.3 Å². The lowest BCUT2D eigenvalue weighted by molar-refractivity contribution is -0.131. The highest BCUT2D eigenvalue weighted by atomic mass is 16.2. The minimum atomic E-state index is -0.0829. The summed E-state index contributed by atoms with van der Waals surface area (Å²) in [6.07, 6.45) is 2.75. The van der Waals surface area contributed by atoms with E-state index < -0.39 is 0 Å². The largest absolute Gasteiger partial charge is 0.372 e. The second-order valence-electron chi connectivity index (χ2n) is 7.34. The van der Waals surface area contributed by atoms with E-state index in [0.717, 1.165) is 24.3 Å². The van der Waals surface area contributed by atoms with E-state index in [0.29, 0.717) is 6.54 Å². The van der Waals surface area contributed by atoms with Gasteiger partial charge < -0.3 is 15.1 Å². The summed E-state index contributed by atoms with van der Waals surface area (Å²) in [7, 11) is 0. The van der Waals surface area contributed by atoms with Crippen LogP contribution in [0.2, 0.25) is 0 Å². The first-order valence-electron chi connectivity index (χ1n) is 10.0. The van der Waals surface area contributed by atoms with E-state index >= 15 is 0 Å². The number of carbonyl (C=O) groups is 2. The first-order chi connectivity index (χ1) is 13.5. The third-order valence-corrected chi connectivity index (χ3v) is 5.36. The Kier molecular flexibility index (Phi) is 6.69. The second kappa shape index (κ2) is 9.40. The lowest BCUT2D eigenvalue weighted by Gasteiger charge is -2.28. The van der Waals surface area contributed by atoms with Crippen LogP contribution in [-0.4, -0.2) is 36.3 Å². The van der Waals surface area contributed by atoms with Crippen LogP contribution < -0.4 is 10.2 Å². The highest BCUT2D eigenvalue weighted by Crippen LogP contribution is 2.23. The summed E-state index contributed by atoms with van der Waals surface area (Å²) in [5.74, 6) is -0.112. The van der Waals surface area contributed by atoms with Gasteiger partial charge in [-0.25, -0.2) is 0 Å². The number of nitrogens with zero attached hydrogens (tertiary/aromatic N) is 2. The van der Waals surface area contributed by atoms with E-state index in [-0.39, 0.29) is 24.3 Å². The van der Waals surface area contributed by atoms with Gasteiger partial charge >= 0.3 is 0 Å².